The van der Waals surface area contributed by atoms with Gasteiger partial charge in [0.05, 0.1) is 24.2 Å². The first-order valence-electron chi connectivity index (χ1n) is 12.8. The Hall–Kier alpha value is -2.65. The van der Waals surface area contributed by atoms with Crippen LogP contribution >= 0.6 is 0 Å². The number of aliphatic hydroxyl groups excluding tert-OH is 2. The molecule has 0 aliphatic carbocycles. The van der Waals surface area contributed by atoms with Crippen LogP contribution in [0.25, 0.3) is 11.0 Å². The second kappa shape index (κ2) is 9.78. The smallest absolute Gasteiger partial charge is 0.180 e. The molecule has 3 aliphatic rings. The minimum absolute atomic E-state index is 0.510. The number of rotatable bonds is 6. The molecule has 2 aromatic carbocycles. The predicted molar refractivity (Wildman–Crippen MR) is 134 cm³/mol. The van der Waals surface area contributed by atoms with Gasteiger partial charge in [-0.1, -0.05) is 29.4 Å². The average Bonchev–Trinajstić information content (AvgIpc) is 3.45. The number of aromatic nitrogens is 1. The maximum absolute atomic E-state index is 9.79. The van der Waals surface area contributed by atoms with Crippen LogP contribution in [0.15, 0.2) is 53.1 Å². The second-order valence-electron chi connectivity index (χ2n) is 10.3. The van der Waals surface area contributed by atoms with Gasteiger partial charge in [-0.15, -0.1) is 0 Å². The Bertz CT molecular complexity index is 1140. The van der Waals surface area contributed by atoms with Gasteiger partial charge in [-0.05, 0) is 42.7 Å². The van der Waals surface area contributed by atoms with E-state index < -0.39 is 12.2 Å². The summed E-state index contributed by atoms with van der Waals surface area (Å²) in [4.78, 5) is 7.08. The molecule has 2 N–H and O–H groups in total. The second-order valence-corrected chi connectivity index (χ2v) is 10.3. The van der Waals surface area contributed by atoms with Gasteiger partial charge in [-0.25, -0.2) is 0 Å². The van der Waals surface area contributed by atoms with Gasteiger partial charge in [-0.3, -0.25) is 9.80 Å². The van der Waals surface area contributed by atoms with Crippen LogP contribution < -0.4 is 9.64 Å². The summed E-state index contributed by atoms with van der Waals surface area (Å²) in [5.74, 6) is 2.40. The SMILES string of the molecule is OC1CN(Cc2cccc(OCC3CCC4CN(c5noc6ccccc56)CCN4C3)c2)CC1O. The Balaban J connectivity index is 1.01. The van der Waals surface area contributed by atoms with Crippen molar-refractivity contribution in [3.63, 3.8) is 0 Å². The fourth-order valence-electron chi connectivity index (χ4n) is 5.87. The van der Waals surface area contributed by atoms with Crippen molar-refractivity contribution in [2.24, 2.45) is 5.92 Å². The molecule has 4 heterocycles. The Kier molecular flexibility index (Phi) is 6.37. The van der Waals surface area contributed by atoms with Crippen LogP contribution in [0.1, 0.15) is 18.4 Å². The number of para-hydroxylation sites is 1. The van der Waals surface area contributed by atoms with Crippen molar-refractivity contribution < 1.29 is 19.5 Å². The lowest BCUT2D eigenvalue weighted by molar-refractivity contribution is 0.0572. The number of fused-ring (bicyclic) bond motifs is 2. The van der Waals surface area contributed by atoms with E-state index in [4.69, 9.17) is 9.26 Å². The molecule has 3 saturated heterocycles. The highest BCUT2D eigenvalue weighted by atomic mass is 16.5. The molecule has 8 heteroatoms. The molecule has 0 radical (unpaired) electrons. The molecule has 3 aromatic rings. The molecule has 1 aromatic heterocycles. The van der Waals surface area contributed by atoms with Crippen LogP contribution in [0.5, 0.6) is 5.75 Å². The van der Waals surface area contributed by atoms with Crippen molar-refractivity contribution in [2.75, 3.05) is 50.8 Å². The quantitative estimate of drug-likeness (QED) is 0.559. The van der Waals surface area contributed by atoms with Crippen LogP contribution in [0.3, 0.4) is 0 Å². The van der Waals surface area contributed by atoms with E-state index in [1.54, 1.807) is 0 Å². The lowest BCUT2D eigenvalue weighted by atomic mass is 9.91. The Morgan fingerprint density at radius 1 is 0.943 bits per heavy atom. The predicted octanol–water partition coefficient (Wildman–Crippen LogP) is 2.34. The average molecular weight is 479 g/mol. The van der Waals surface area contributed by atoms with E-state index in [2.05, 4.69) is 38.1 Å². The van der Waals surface area contributed by atoms with Crippen molar-refractivity contribution >= 4 is 16.8 Å². The molecule has 0 bridgehead atoms. The Morgan fingerprint density at radius 2 is 1.80 bits per heavy atom. The van der Waals surface area contributed by atoms with Gasteiger partial charge >= 0.3 is 0 Å². The molecule has 0 amide bonds. The molecule has 6 rings (SSSR count). The number of ether oxygens (including phenoxy) is 1. The lowest BCUT2D eigenvalue weighted by Crippen LogP contribution is -2.57. The minimum atomic E-state index is -0.651. The summed E-state index contributed by atoms with van der Waals surface area (Å²) in [6.45, 7) is 6.51. The number of hydrogen-bond acceptors (Lipinski definition) is 8. The fraction of sp³-hybridized carbons (Fsp3) is 0.519. The van der Waals surface area contributed by atoms with Gasteiger partial charge in [-0.2, -0.15) is 0 Å². The van der Waals surface area contributed by atoms with Crippen LogP contribution in [0.4, 0.5) is 5.82 Å². The van der Waals surface area contributed by atoms with Gasteiger partial charge in [0.1, 0.15) is 5.75 Å². The van der Waals surface area contributed by atoms with E-state index in [0.29, 0.717) is 31.6 Å². The highest BCUT2D eigenvalue weighted by molar-refractivity contribution is 5.88. The fourth-order valence-corrected chi connectivity index (χ4v) is 5.87. The third-order valence-corrected chi connectivity index (χ3v) is 7.79. The van der Waals surface area contributed by atoms with E-state index in [1.165, 1.54) is 6.42 Å². The molecule has 3 aliphatic heterocycles. The summed E-state index contributed by atoms with van der Waals surface area (Å²) >= 11 is 0. The normalized spacial score (nSPS) is 27.9. The number of nitrogens with zero attached hydrogens (tertiary/aromatic N) is 4. The van der Waals surface area contributed by atoms with E-state index in [9.17, 15) is 10.2 Å². The molecule has 186 valence electrons. The summed E-state index contributed by atoms with van der Waals surface area (Å²) < 4.78 is 11.8. The van der Waals surface area contributed by atoms with E-state index in [1.807, 2.05) is 30.3 Å². The molecule has 35 heavy (non-hydrogen) atoms. The molecule has 8 nitrogen and oxygen atoms in total. The molecule has 3 fully saturated rings. The third-order valence-electron chi connectivity index (χ3n) is 7.79. The minimum Gasteiger partial charge on any atom is -0.493 e. The van der Waals surface area contributed by atoms with Gasteiger partial charge in [0.15, 0.2) is 11.4 Å². The monoisotopic (exact) mass is 478 g/mol. The van der Waals surface area contributed by atoms with E-state index in [-0.39, 0.29) is 0 Å². The lowest BCUT2D eigenvalue weighted by Gasteiger charge is -2.46. The summed E-state index contributed by atoms with van der Waals surface area (Å²) in [5, 5.41) is 25.0. The van der Waals surface area contributed by atoms with Gasteiger partial charge in [0, 0.05) is 57.8 Å². The first-order valence-corrected chi connectivity index (χ1v) is 12.8. The number of piperidine rings is 1. The van der Waals surface area contributed by atoms with Crippen molar-refractivity contribution in [3.8, 4) is 5.75 Å². The molecule has 0 spiro atoms. The molecule has 0 saturated carbocycles. The Labute approximate surface area is 205 Å². The summed E-state index contributed by atoms with van der Waals surface area (Å²) in [5.41, 5.74) is 1.99. The van der Waals surface area contributed by atoms with Crippen LogP contribution in [-0.4, -0.2) is 89.3 Å². The first-order chi connectivity index (χ1) is 17.1. The van der Waals surface area contributed by atoms with E-state index in [0.717, 1.165) is 67.3 Å². The van der Waals surface area contributed by atoms with E-state index >= 15 is 0 Å². The molecular formula is C27H34N4O4. The zero-order valence-corrected chi connectivity index (χ0v) is 20.0. The summed E-state index contributed by atoms with van der Waals surface area (Å²) in [7, 11) is 0. The summed E-state index contributed by atoms with van der Waals surface area (Å²) in [6.07, 6.45) is 1.03. The number of anilines is 1. The number of piperazine rings is 1. The zero-order valence-electron chi connectivity index (χ0n) is 20.0. The zero-order chi connectivity index (χ0) is 23.8. The van der Waals surface area contributed by atoms with Crippen LogP contribution in [0.2, 0.25) is 0 Å². The van der Waals surface area contributed by atoms with Gasteiger partial charge < -0.3 is 24.4 Å². The van der Waals surface area contributed by atoms with Crippen molar-refractivity contribution in [1.82, 2.24) is 15.0 Å². The van der Waals surface area contributed by atoms with Crippen LogP contribution in [-0.2, 0) is 6.54 Å². The topological polar surface area (TPSA) is 85.4 Å². The highest BCUT2D eigenvalue weighted by Gasteiger charge is 2.34. The molecule has 4 unspecified atom stereocenters. The number of hydrogen-bond donors (Lipinski definition) is 2. The van der Waals surface area contributed by atoms with Crippen molar-refractivity contribution in [3.05, 3.63) is 54.1 Å². The van der Waals surface area contributed by atoms with Crippen LogP contribution in [0, 0.1) is 5.92 Å². The van der Waals surface area contributed by atoms with Crippen molar-refractivity contribution in [2.45, 2.75) is 37.6 Å². The maximum Gasteiger partial charge on any atom is 0.180 e. The first kappa shape index (κ1) is 22.8. The maximum atomic E-state index is 9.79. The number of benzene rings is 2. The Morgan fingerprint density at radius 3 is 2.69 bits per heavy atom. The number of β-amino-alcohol motifs (C(OH)–C–C–N with tert-alkyl or cyclic N) is 2. The largest absolute Gasteiger partial charge is 0.493 e. The number of likely N-dealkylation sites (tertiary alicyclic amines) is 1. The highest BCUT2D eigenvalue weighted by Crippen LogP contribution is 2.31. The van der Waals surface area contributed by atoms with Gasteiger partial charge in [0.25, 0.3) is 0 Å². The standard InChI is InChI=1S/C27H34N4O4/c32-24-16-29(17-25(24)33)13-19-4-3-5-22(12-19)34-18-20-8-9-21-15-31(11-10-30(21)14-20)27-23-6-1-2-7-26(23)35-28-27/h1-7,12,20-21,24-25,32-33H,8-11,13-18H2. The van der Waals surface area contributed by atoms with Gasteiger partial charge in [0.2, 0.25) is 0 Å². The summed E-state index contributed by atoms with van der Waals surface area (Å²) in [6, 6.07) is 16.8. The third kappa shape index (κ3) is 4.89. The van der Waals surface area contributed by atoms with Crippen molar-refractivity contribution in [1.29, 1.82) is 0 Å². The molecular weight excluding hydrogens is 444 g/mol. The number of aliphatic hydroxyl groups is 2. The molecule has 4 atom stereocenters.